The first-order valence-corrected chi connectivity index (χ1v) is 8.22. The second kappa shape index (κ2) is 6.59. The van der Waals surface area contributed by atoms with Crippen molar-refractivity contribution < 1.29 is 4.74 Å². The molecule has 2 aromatic heterocycles. The molecular formula is C15H23ClN6O. The van der Waals surface area contributed by atoms with E-state index < -0.39 is 0 Å². The van der Waals surface area contributed by atoms with Crippen LogP contribution in [-0.2, 0) is 24.9 Å². The molecule has 3 heterocycles. The van der Waals surface area contributed by atoms with Crippen molar-refractivity contribution in [3.05, 3.63) is 28.1 Å². The van der Waals surface area contributed by atoms with Crippen LogP contribution in [0.15, 0.2) is 0 Å². The van der Waals surface area contributed by atoms with Gasteiger partial charge in [-0.25, -0.2) is 9.67 Å². The standard InChI is InChI=1S/C15H23ClN6O/c1-10-14(15(16)20(4)18-10)9-21-5-6-23-13(7-21)8-22-12(3)17-11(2)19-22/h13H,5-9H2,1-4H3. The van der Waals surface area contributed by atoms with E-state index in [2.05, 4.69) is 20.1 Å². The summed E-state index contributed by atoms with van der Waals surface area (Å²) in [4.78, 5) is 6.71. The average molecular weight is 339 g/mol. The second-order valence-corrected chi connectivity index (χ2v) is 6.45. The average Bonchev–Trinajstić information content (AvgIpc) is 2.93. The van der Waals surface area contributed by atoms with Gasteiger partial charge in [0, 0.05) is 32.2 Å². The van der Waals surface area contributed by atoms with Gasteiger partial charge in [0.2, 0.25) is 0 Å². The first kappa shape index (κ1) is 16.4. The number of hydrogen-bond donors (Lipinski definition) is 0. The maximum atomic E-state index is 6.34. The van der Waals surface area contributed by atoms with E-state index in [4.69, 9.17) is 16.3 Å². The topological polar surface area (TPSA) is 61.0 Å². The summed E-state index contributed by atoms with van der Waals surface area (Å²) in [6.07, 6.45) is 0.110. The number of hydrogen-bond acceptors (Lipinski definition) is 5. The molecule has 0 aromatic carbocycles. The summed E-state index contributed by atoms with van der Waals surface area (Å²) in [6.45, 7) is 9.87. The molecule has 1 saturated heterocycles. The van der Waals surface area contributed by atoms with Gasteiger partial charge in [-0.1, -0.05) is 11.6 Å². The zero-order valence-corrected chi connectivity index (χ0v) is 14.8. The van der Waals surface area contributed by atoms with Gasteiger partial charge in [-0.3, -0.25) is 9.58 Å². The van der Waals surface area contributed by atoms with E-state index in [-0.39, 0.29) is 6.10 Å². The molecular weight excluding hydrogens is 316 g/mol. The lowest BCUT2D eigenvalue weighted by Gasteiger charge is -2.32. The Balaban J connectivity index is 1.65. The summed E-state index contributed by atoms with van der Waals surface area (Å²) in [5.41, 5.74) is 2.09. The van der Waals surface area contributed by atoms with Crippen molar-refractivity contribution in [2.24, 2.45) is 7.05 Å². The third-order valence-electron chi connectivity index (χ3n) is 4.21. The molecule has 0 spiro atoms. The van der Waals surface area contributed by atoms with Crippen LogP contribution in [-0.4, -0.2) is 55.2 Å². The largest absolute Gasteiger partial charge is 0.374 e. The number of rotatable bonds is 4. The van der Waals surface area contributed by atoms with E-state index in [0.717, 1.165) is 49.1 Å². The quantitative estimate of drug-likeness (QED) is 0.845. The summed E-state index contributed by atoms with van der Waals surface area (Å²) in [6, 6.07) is 0. The van der Waals surface area contributed by atoms with Gasteiger partial charge >= 0.3 is 0 Å². The molecule has 1 aliphatic rings. The molecule has 0 aliphatic carbocycles. The Bertz CT molecular complexity index is 694. The minimum atomic E-state index is 0.110. The van der Waals surface area contributed by atoms with Gasteiger partial charge in [0.25, 0.3) is 0 Å². The minimum absolute atomic E-state index is 0.110. The van der Waals surface area contributed by atoms with Gasteiger partial charge in [0.05, 0.1) is 24.9 Å². The summed E-state index contributed by atoms with van der Waals surface area (Å²) < 4.78 is 9.55. The molecule has 126 valence electrons. The molecule has 23 heavy (non-hydrogen) atoms. The third kappa shape index (κ3) is 3.57. The Morgan fingerprint density at radius 2 is 2.04 bits per heavy atom. The molecule has 3 rings (SSSR count). The van der Waals surface area contributed by atoms with Gasteiger partial charge < -0.3 is 4.74 Å². The highest BCUT2D eigenvalue weighted by Gasteiger charge is 2.24. The Hall–Kier alpha value is -1.44. The fraction of sp³-hybridized carbons (Fsp3) is 0.667. The Morgan fingerprint density at radius 1 is 1.26 bits per heavy atom. The lowest BCUT2D eigenvalue weighted by molar-refractivity contribution is -0.0405. The van der Waals surface area contributed by atoms with E-state index in [1.165, 1.54) is 0 Å². The van der Waals surface area contributed by atoms with Crippen LogP contribution in [0.1, 0.15) is 22.9 Å². The molecule has 0 bridgehead atoms. The van der Waals surface area contributed by atoms with Gasteiger partial charge in [0.15, 0.2) is 0 Å². The zero-order valence-electron chi connectivity index (χ0n) is 14.1. The Labute approximate surface area is 141 Å². The fourth-order valence-electron chi connectivity index (χ4n) is 3.04. The molecule has 1 unspecified atom stereocenters. The minimum Gasteiger partial charge on any atom is -0.374 e. The molecule has 0 radical (unpaired) electrons. The van der Waals surface area contributed by atoms with Crippen LogP contribution in [0.5, 0.6) is 0 Å². The van der Waals surface area contributed by atoms with Crippen molar-refractivity contribution in [3.8, 4) is 0 Å². The molecule has 0 amide bonds. The van der Waals surface area contributed by atoms with Crippen molar-refractivity contribution in [3.63, 3.8) is 0 Å². The van der Waals surface area contributed by atoms with Crippen LogP contribution in [0.4, 0.5) is 0 Å². The molecule has 8 heteroatoms. The Kier molecular flexibility index (Phi) is 4.70. The van der Waals surface area contributed by atoms with Crippen LogP contribution in [0.2, 0.25) is 5.15 Å². The normalized spacial score (nSPS) is 19.4. The summed E-state index contributed by atoms with van der Waals surface area (Å²) in [7, 11) is 1.87. The van der Waals surface area contributed by atoms with Crippen molar-refractivity contribution in [2.45, 2.75) is 40.0 Å². The summed E-state index contributed by atoms with van der Waals surface area (Å²) >= 11 is 6.34. The van der Waals surface area contributed by atoms with Crippen molar-refractivity contribution >= 4 is 11.6 Å². The highest BCUT2D eigenvalue weighted by atomic mass is 35.5. The molecule has 1 atom stereocenters. The molecule has 7 nitrogen and oxygen atoms in total. The fourth-order valence-corrected chi connectivity index (χ4v) is 3.27. The Morgan fingerprint density at radius 3 is 2.65 bits per heavy atom. The number of aryl methyl sites for hydroxylation is 4. The van der Waals surface area contributed by atoms with Crippen LogP contribution >= 0.6 is 11.6 Å². The van der Waals surface area contributed by atoms with E-state index in [9.17, 15) is 0 Å². The van der Waals surface area contributed by atoms with Crippen LogP contribution in [0.3, 0.4) is 0 Å². The molecule has 0 saturated carbocycles. The second-order valence-electron chi connectivity index (χ2n) is 6.09. The molecule has 1 fully saturated rings. The van der Waals surface area contributed by atoms with E-state index in [1.807, 2.05) is 32.5 Å². The van der Waals surface area contributed by atoms with E-state index in [0.29, 0.717) is 11.8 Å². The lowest BCUT2D eigenvalue weighted by Crippen LogP contribution is -2.44. The van der Waals surface area contributed by atoms with Crippen LogP contribution in [0, 0.1) is 20.8 Å². The van der Waals surface area contributed by atoms with Crippen molar-refractivity contribution in [1.82, 2.24) is 29.4 Å². The van der Waals surface area contributed by atoms with Crippen LogP contribution < -0.4 is 0 Å². The zero-order chi connectivity index (χ0) is 16.6. The van der Waals surface area contributed by atoms with Gasteiger partial charge in [0.1, 0.15) is 16.8 Å². The van der Waals surface area contributed by atoms with Crippen molar-refractivity contribution in [2.75, 3.05) is 19.7 Å². The van der Waals surface area contributed by atoms with Crippen molar-refractivity contribution in [1.29, 1.82) is 0 Å². The van der Waals surface area contributed by atoms with Gasteiger partial charge in [-0.05, 0) is 20.8 Å². The predicted octanol–water partition coefficient (Wildman–Crippen LogP) is 1.49. The maximum absolute atomic E-state index is 6.34. The predicted molar refractivity (Wildman–Crippen MR) is 87.5 cm³/mol. The first-order valence-electron chi connectivity index (χ1n) is 7.84. The van der Waals surface area contributed by atoms with Gasteiger partial charge in [-0.15, -0.1) is 0 Å². The van der Waals surface area contributed by atoms with E-state index in [1.54, 1.807) is 4.68 Å². The maximum Gasteiger partial charge on any atom is 0.147 e. The summed E-state index contributed by atoms with van der Waals surface area (Å²) in [5, 5.41) is 9.52. The molecule has 0 N–H and O–H groups in total. The molecule has 1 aliphatic heterocycles. The van der Waals surface area contributed by atoms with E-state index >= 15 is 0 Å². The highest BCUT2D eigenvalue weighted by Crippen LogP contribution is 2.21. The monoisotopic (exact) mass is 338 g/mol. The number of nitrogens with zero attached hydrogens (tertiary/aromatic N) is 6. The molecule has 2 aromatic rings. The number of aromatic nitrogens is 5. The third-order valence-corrected chi connectivity index (χ3v) is 4.69. The number of halogens is 1. The first-order chi connectivity index (χ1) is 10.9. The number of morpholine rings is 1. The summed E-state index contributed by atoms with van der Waals surface area (Å²) in [5.74, 6) is 1.72. The number of ether oxygens (including phenoxy) is 1. The highest BCUT2D eigenvalue weighted by molar-refractivity contribution is 6.30. The smallest absolute Gasteiger partial charge is 0.147 e. The van der Waals surface area contributed by atoms with Gasteiger partial charge in [-0.2, -0.15) is 10.2 Å². The SMILES string of the molecule is Cc1nc(C)n(CC2CN(Cc3c(C)nn(C)c3Cl)CCO2)n1. The lowest BCUT2D eigenvalue weighted by atomic mass is 10.2. The van der Waals surface area contributed by atoms with Crippen LogP contribution in [0.25, 0.3) is 0 Å².